The fourth-order valence-electron chi connectivity index (χ4n) is 3.18. The number of benzene rings is 1. The first kappa shape index (κ1) is 11.1. The molecule has 1 saturated carbocycles. The lowest BCUT2D eigenvalue weighted by molar-refractivity contribution is 0.615. The first-order valence-corrected chi connectivity index (χ1v) is 7.02. The zero-order valence-corrected chi connectivity index (χ0v) is 10.8. The Kier molecular flexibility index (Phi) is 2.59. The Labute approximate surface area is 113 Å². The monoisotopic (exact) mass is 251 g/mol. The molecule has 1 N–H and O–H groups in total. The van der Waals surface area contributed by atoms with Crippen molar-refractivity contribution in [3.63, 3.8) is 0 Å². The van der Waals surface area contributed by atoms with Crippen molar-refractivity contribution in [2.24, 2.45) is 0 Å². The van der Waals surface area contributed by atoms with Crippen LogP contribution in [0, 0.1) is 0 Å². The first-order valence-electron chi connectivity index (χ1n) is 7.02. The summed E-state index contributed by atoms with van der Waals surface area (Å²) in [7, 11) is 0. The molecule has 3 heteroatoms. The molecule has 0 bridgehead atoms. The maximum absolute atomic E-state index is 4.58. The van der Waals surface area contributed by atoms with Crippen molar-refractivity contribution in [1.29, 1.82) is 0 Å². The van der Waals surface area contributed by atoms with Gasteiger partial charge in [-0.25, -0.2) is 9.97 Å². The van der Waals surface area contributed by atoms with E-state index in [2.05, 4.69) is 45.6 Å². The summed E-state index contributed by atoms with van der Waals surface area (Å²) in [6.45, 7) is 1.97. The SMILES string of the molecule is c1ccc(C2CC2c2ncnc3c2CNCC3)cc1. The highest BCUT2D eigenvalue weighted by Crippen LogP contribution is 2.54. The summed E-state index contributed by atoms with van der Waals surface area (Å²) >= 11 is 0. The van der Waals surface area contributed by atoms with Crippen molar-refractivity contribution in [2.45, 2.75) is 31.2 Å². The Morgan fingerprint density at radius 2 is 1.95 bits per heavy atom. The van der Waals surface area contributed by atoms with Crippen LogP contribution in [0.15, 0.2) is 36.7 Å². The second kappa shape index (κ2) is 4.42. The predicted molar refractivity (Wildman–Crippen MR) is 74.0 cm³/mol. The number of nitrogens with one attached hydrogen (secondary N) is 1. The van der Waals surface area contributed by atoms with Crippen LogP contribution in [0.4, 0.5) is 0 Å². The fourth-order valence-corrected chi connectivity index (χ4v) is 3.18. The van der Waals surface area contributed by atoms with Crippen LogP contribution >= 0.6 is 0 Å². The van der Waals surface area contributed by atoms with Crippen molar-refractivity contribution in [1.82, 2.24) is 15.3 Å². The molecule has 0 amide bonds. The van der Waals surface area contributed by atoms with Gasteiger partial charge in [-0.3, -0.25) is 0 Å². The van der Waals surface area contributed by atoms with Crippen molar-refractivity contribution in [3.05, 3.63) is 59.2 Å². The quantitative estimate of drug-likeness (QED) is 0.890. The topological polar surface area (TPSA) is 37.8 Å². The van der Waals surface area contributed by atoms with Crippen molar-refractivity contribution >= 4 is 0 Å². The lowest BCUT2D eigenvalue weighted by atomic mass is 10.0. The fraction of sp³-hybridized carbons (Fsp3) is 0.375. The van der Waals surface area contributed by atoms with Gasteiger partial charge in [0.05, 0.1) is 5.69 Å². The number of nitrogens with zero attached hydrogens (tertiary/aromatic N) is 2. The van der Waals surface area contributed by atoms with Crippen LogP contribution < -0.4 is 5.32 Å². The highest BCUT2D eigenvalue weighted by molar-refractivity contribution is 5.39. The molecule has 2 aliphatic rings. The Morgan fingerprint density at radius 1 is 1.05 bits per heavy atom. The molecule has 1 fully saturated rings. The highest BCUT2D eigenvalue weighted by Gasteiger charge is 2.42. The molecule has 2 atom stereocenters. The van der Waals surface area contributed by atoms with Gasteiger partial charge in [0.1, 0.15) is 6.33 Å². The van der Waals surface area contributed by atoms with Gasteiger partial charge in [0.15, 0.2) is 0 Å². The maximum Gasteiger partial charge on any atom is 0.115 e. The van der Waals surface area contributed by atoms with Crippen molar-refractivity contribution in [3.8, 4) is 0 Å². The van der Waals surface area contributed by atoms with Crippen LogP contribution in [0.25, 0.3) is 0 Å². The third-order valence-electron chi connectivity index (χ3n) is 4.28. The van der Waals surface area contributed by atoms with Crippen LogP contribution in [0.1, 0.15) is 40.8 Å². The molecule has 2 unspecified atom stereocenters. The minimum atomic E-state index is 0.596. The molecular formula is C16H17N3. The van der Waals surface area contributed by atoms with E-state index in [1.54, 1.807) is 6.33 Å². The van der Waals surface area contributed by atoms with Crippen LogP contribution in [0.5, 0.6) is 0 Å². The Bertz CT molecular complexity index is 594. The Morgan fingerprint density at radius 3 is 2.84 bits per heavy atom. The highest BCUT2D eigenvalue weighted by atomic mass is 14.9. The molecule has 1 aliphatic heterocycles. The lowest BCUT2D eigenvalue weighted by Gasteiger charge is -2.18. The standard InChI is InChI=1S/C16H17N3/c1-2-4-11(5-3-1)12-8-13(12)16-14-9-17-7-6-15(14)18-10-19-16/h1-5,10,12-13,17H,6-9H2. The number of rotatable bonds is 2. The molecule has 2 aromatic rings. The summed E-state index contributed by atoms with van der Waals surface area (Å²) in [5.41, 5.74) is 5.34. The normalized spacial score (nSPS) is 24.8. The first-order chi connectivity index (χ1) is 9.43. The van der Waals surface area contributed by atoms with Crippen molar-refractivity contribution in [2.75, 3.05) is 6.54 Å². The van der Waals surface area contributed by atoms with Crippen LogP contribution in [-0.4, -0.2) is 16.5 Å². The number of hydrogen-bond acceptors (Lipinski definition) is 3. The predicted octanol–water partition coefficient (Wildman–Crippen LogP) is 2.39. The van der Waals surface area contributed by atoms with Gasteiger partial charge in [-0.05, 0) is 17.9 Å². The molecule has 96 valence electrons. The third-order valence-corrected chi connectivity index (χ3v) is 4.28. The van der Waals surface area contributed by atoms with E-state index in [0.29, 0.717) is 11.8 Å². The largest absolute Gasteiger partial charge is 0.312 e. The van der Waals surface area contributed by atoms with Gasteiger partial charge in [0, 0.05) is 36.7 Å². The molecule has 4 rings (SSSR count). The zero-order valence-electron chi connectivity index (χ0n) is 10.8. The van der Waals surface area contributed by atoms with E-state index in [4.69, 9.17) is 0 Å². The summed E-state index contributed by atoms with van der Waals surface area (Å²) in [4.78, 5) is 9.02. The van der Waals surface area contributed by atoms with E-state index in [-0.39, 0.29) is 0 Å². The molecule has 1 aliphatic carbocycles. The molecule has 1 aromatic carbocycles. The number of hydrogen-bond donors (Lipinski definition) is 1. The number of aromatic nitrogens is 2. The van der Waals surface area contributed by atoms with Crippen LogP contribution in [0.3, 0.4) is 0 Å². The van der Waals surface area contributed by atoms with Gasteiger partial charge in [0.25, 0.3) is 0 Å². The molecule has 2 heterocycles. The third kappa shape index (κ3) is 1.94. The van der Waals surface area contributed by atoms with Gasteiger partial charge in [-0.15, -0.1) is 0 Å². The summed E-state index contributed by atoms with van der Waals surface area (Å²) in [5, 5.41) is 3.44. The molecule has 0 saturated heterocycles. The van der Waals surface area contributed by atoms with Gasteiger partial charge in [0.2, 0.25) is 0 Å². The molecular weight excluding hydrogens is 234 g/mol. The van der Waals surface area contributed by atoms with Gasteiger partial charge in [-0.1, -0.05) is 30.3 Å². The molecule has 0 radical (unpaired) electrons. The average molecular weight is 251 g/mol. The molecule has 19 heavy (non-hydrogen) atoms. The summed E-state index contributed by atoms with van der Waals surface area (Å²) in [6.07, 6.45) is 4.01. The second-order valence-electron chi connectivity index (χ2n) is 5.47. The second-order valence-corrected chi connectivity index (χ2v) is 5.47. The summed E-state index contributed by atoms with van der Waals surface area (Å²) < 4.78 is 0. The zero-order chi connectivity index (χ0) is 12.7. The Hall–Kier alpha value is -1.74. The van der Waals surface area contributed by atoms with E-state index in [1.165, 1.54) is 28.9 Å². The van der Waals surface area contributed by atoms with Crippen LogP contribution in [0.2, 0.25) is 0 Å². The van der Waals surface area contributed by atoms with Gasteiger partial charge in [-0.2, -0.15) is 0 Å². The van der Waals surface area contributed by atoms with Gasteiger partial charge < -0.3 is 5.32 Å². The average Bonchev–Trinajstić information content (AvgIpc) is 3.28. The Balaban J connectivity index is 1.65. The smallest absolute Gasteiger partial charge is 0.115 e. The molecule has 1 aromatic heterocycles. The number of fused-ring (bicyclic) bond motifs is 1. The van der Waals surface area contributed by atoms with E-state index < -0.39 is 0 Å². The van der Waals surface area contributed by atoms with Gasteiger partial charge >= 0.3 is 0 Å². The minimum Gasteiger partial charge on any atom is -0.312 e. The molecule has 3 nitrogen and oxygen atoms in total. The summed E-state index contributed by atoms with van der Waals surface area (Å²) in [5.74, 6) is 1.25. The van der Waals surface area contributed by atoms with E-state index in [1.807, 2.05) is 0 Å². The van der Waals surface area contributed by atoms with E-state index in [0.717, 1.165) is 19.5 Å². The molecule has 0 spiro atoms. The minimum absolute atomic E-state index is 0.596. The lowest BCUT2D eigenvalue weighted by Crippen LogP contribution is -2.26. The van der Waals surface area contributed by atoms with E-state index in [9.17, 15) is 0 Å². The van der Waals surface area contributed by atoms with E-state index >= 15 is 0 Å². The summed E-state index contributed by atoms with van der Waals surface area (Å²) in [6, 6.07) is 10.8. The maximum atomic E-state index is 4.58. The van der Waals surface area contributed by atoms with Crippen molar-refractivity contribution < 1.29 is 0 Å². The van der Waals surface area contributed by atoms with Crippen LogP contribution in [-0.2, 0) is 13.0 Å².